The summed E-state index contributed by atoms with van der Waals surface area (Å²) in [5.74, 6) is 0.0311. The minimum atomic E-state index is -0.264. The number of anilines is 1. The number of rotatable bonds is 8. The standard InChI is InChI=1S/C21H24N2O4/c1-14(2)21(26)23-18-9-7-16(8-10-18)12-22-20(25)13-27-19-6-4-5-17(11-19)15(3)24/h4-11,14H,12-13H2,1-3H3,(H,22,25)(H,23,26). The number of hydrogen-bond donors (Lipinski definition) is 2. The third kappa shape index (κ3) is 6.58. The van der Waals surface area contributed by atoms with Gasteiger partial charge >= 0.3 is 0 Å². The average Bonchev–Trinajstić information content (AvgIpc) is 2.66. The molecule has 0 heterocycles. The lowest BCUT2D eigenvalue weighted by molar-refractivity contribution is -0.123. The molecule has 2 amide bonds. The van der Waals surface area contributed by atoms with Crippen LogP contribution in [0.25, 0.3) is 0 Å². The SMILES string of the molecule is CC(=O)c1cccc(OCC(=O)NCc2ccc(NC(=O)C(C)C)cc2)c1. The highest BCUT2D eigenvalue weighted by molar-refractivity contribution is 5.94. The van der Waals surface area contributed by atoms with Gasteiger partial charge in [-0.25, -0.2) is 0 Å². The molecule has 27 heavy (non-hydrogen) atoms. The lowest BCUT2D eigenvalue weighted by Crippen LogP contribution is -2.28. The van der Waals surface area contributed by atoms with Crippen LogP contribution in [-0.2, 0) is 16.1 Å². The molecular weight excluding hydrogens is 344 g/mol. The van der Waals surface area contributed by atoms with Crippen LogP contribution in [-0.4, -0.2) is 24.2 Å². The summed E-state index contributed by atoms with van der Waals surface area (Å²) < 4.78 is 5.42. The first kappa shape index (κ1) is 20.2. The van der Waals surface area contributed by atoms with E-state index < -0.39 is 0 Å². The zero-order valence-electron chi connectivity index (χ0n) is 15.7. The third-order valence-electron chi connectivity index (χ3n) is 3.85. The van der Waals surface area contributed by atoms with Crippen LogP contribution in [0.4, 0.5) is 5.69 Å². The second kappa shape index (κ2) is 9.52. The van der Waals surface area contributed by atoms with Crippen LogP contribution in [0.3, 0.4) is 0 Å². The molecule has 2 aromatic rings. The molecule has 0 aliphatic carbocycles. The fourth-order valence-electron chi connectivity index (χ4n) is 2.20. The molecule has 0 atom stereocenters. The summed E-state index contributed by atoms with van der Waals surface area (Å²) in [5.41, 5.74) is 2.17. The first-order valence-electron chi connectivity index (χ1n) is 8.75. The second-order valence-electron chi connectivity index (χ2n) is 6.49. The van der Waals surface area contributed by atoms with Crippen LogP contribution < -0.4 is 15.4 Å². The Labute approximate surface area is 158 Å². The molecule has 2 aromatic carbocycles. The summed E-state index contributed by atoms with van der Waals surface area (Å²) in [5, 5.41) is 5.58. The highest BCUT2D eigenvalue weighted by atomic mass is 16.5. The fourth-order valence-corrected chi connectivity index (χ4v) is 2.20. The van der Waals surface area contributed by atoms with E-state index >= 15 is 0 Å². The molecule has 0 aliphatic heterocycles. The molecule has 0 saturated carbocycles. The van der Waals surface area contributed by atoms with Gasteiger partial charge in [0.1, 0.15) is 5.75 Å². The molecule has 0 radical (unpaired) electrons. The van der Waals surface area contributed by atoms with E-state index in [1.807, 2.05) is 26.0 Å². The van der Waals surface area contributed by atoms with E-state index in [4.69, 9.17) is 4.74 Å². The van der Waals surface area contributed by atoms with Crippen LogP contribution in [0.1, 0.15) is 36.7 Å². The molecule has 2 rings (SSSR count). The number of benzene rings is 2. The molecule has 6 nitrogen and oxygen atoms in total. The van der Waals surface area contributed by atoms with E-state index in [0.29, 0.717) is 17.9 Å². The van der Waals surface area contributed by atoms with Crippen molar-refractivity contribution in [1.82, 2.24) is 5.32 Å². The largest absolute Gasteiger partial charge is 0.484 e. The van der Waals surface area contributed by atoms with Crippen molar-refractivity contribution >= 4 is 23.3 Å². The molecular formula is C21H24N2O4. The van der Waals surface area contributed by atoms with Crippen molar-refractivity contribution in [3.8, 4) is 5.75 Å². The average molecular weight is 368 g/mol. The molecule has 0 saturated heterocycles. The normalized spacial score (nSPS) is 10.4. The summed E-state index contributed by atoms with van der Waals surface area (Å²) in [6, 6.07) is 14.0. The molecule has 6 heteroatoms. The van der Waals surface area contributed by atoms with Gasteiger partial charge in [0, 0.05) is 23.7 Å². The number of nitrogens with one attached hydrogen (secondary N) is 2. The van der Waals surface area contributed by atoms with Gasteiger partial charge in [0.25, 0.3) is 5.91 Å². The monoisotopic (exact) mass is 368 g/mol. The van der Waals surface area contributed by atoms with Crippen molar-refractivity contribution in [2.75, 3.05) is 11.9 Å². The Balaban J connectivity index is 1.79. The van der Waals surface area contributed by atoms with Gasteiger partial charge < -0.3 is 15.4 Å². The smallest absolute Gasteiger partial charge is 0.258 e. The van der Waals surface area contributed by atoms with E-state index in [-0.39, 0.29) is 30.1 Å². The van der Waals surface area contributed by atoms with Gasteiger partial charge in [-0.3, -0.25) is 14.4 Å². The Kier molecular flexibility index (Phi) is 7.11. The molecule has 0 spiro atoms. The van der Waals surface area contributed by atoms with Gasteiger partial charge in [0.2, 0.25) is 5.91 Å². The topological polar surface area (TPSA) is 84.5 Å². The van der Waals surface area contributed by atoms with E-state index in [2.05, 4.69) is 10.6 Å². The molecule has 0 aromatic heterocycles. The number of amides is 2. The number of Topliss-reactive ketones (excluding diaryl/α,β-unsaturated/α-hetero) is 1. The van der Waals surface area contributed by atoms with Crippen LogP contribution >= 0.6 is 0 Å². The van der Waals surface area contributed by atoms with Gasteiger partial charge in [-0.1, -0.05) is 38.1 Å². The van der Waals surface area contributed by atoms with Crippen molar-refractivity contribution in [3.05, 3.63) is 59.7 Å². The minimum absolute atomic E-state index is 0.0398. The quantitative estimate of drug-likeness (QED) is 0.701. The summed E-state index contributed by atoms with van der Waals surface area (Å²) in [4.78, 5) is 34.9. The summed E-state index contributed by atoms with van der Waals surface area (Å²) in [6.07, 6.45) is 0. The van der Waals surface area contributed by atoms with Crippen molar-refractivity contribution in [2.24, 2.45) is 5.92 Å². The van der Waals surface area contributed by atoms with Crippen LogP contribution in [0, 0.1) is 5.92 Å². The van der Waals surface area contributed by atoms with E-state index in [0.717, 1.165) is 11.3 Å². The Hall–Kier alpha value is -3.15. The summed E-state index contributed by atoms with van der Waals surface area (Å²) in [7, 11) is 0. The van der Waals surface area contributed by atoms with Crippen molar-refractivity contribution in [1.29, 1.82) is 0 Å². The minimum Gasteiger partial charge on any atom is -0.484 e. The van der Waals surface area contributed by atoms with Crippen molar-refractivity contribution < 1.29 is 19.1 Å². The van der Waals surface area contributed by atoms with Crippen LogP contribution in [0.15, 0.2) is 48.5 Å². The highest BCUT2D eigenvalue weighted by Crippen LogP contribution is 2.14. The lowest BCUT2D eigenvalue weighted by Gasteiger charge is -2.10. The number of ketones is 1. The number of carbonyl (C=O) groups is 3. The first-order valence-corrected chi connectivity index (χ1v) is 8.75. The maximum absolute atomic E-state index is 11.9. The number of ether oxygens (including phenoxy) is 1. The Bertz CT molecular complexity index is 813. The maximum Gasteiger partial charge on any atom is 0.258 e. The Morgan fingerprint density at radius 1 is 1.04 bits per heavy atom. The predicted molar refractivity (Wildman–Crippen MR) is 104 cm³/mol. The fraction of sp³-hybridized carbons (Fsp3) is 0.286. The highest BCUT2D eigenvalue weighted by Gasteiger charge is 2.08. The van der Waals surface area contributed by atoms with E-state index in [1.54, 1.807) is 36.4 Å². The lowest BCUT2D eigenvalue weighted by atomic mass is 10.1. The van der Waals surface area contributed by atoms with Gasteiger partial charge in [0.15, 0.2) is 12.4 Å². The van der Waals surface area contributed by atoms with E-state index in [9.17, 15) is 14.4 Å². The summed E-state index contributed by atoms with van der Waals surface area (Å²) in [6.45, 7) is 5.36. The van der Waals surface area contributed by atoms with E-state index in [1.165, 1.54) is 6.92 Å². The molecule has 142 valence electrons. The Morgan fingerprint density at radius 2 is 1.74 bits per heavy atom. The first-order chi connectivity index (χ1) is 12.8. The second-order valence-corrected chi connectivity index (χ2v) is 6.49. The van der Waals surface area contributed by atoms with Gasteiger partial charge in [-0.2, -0.15) is 0 Å². The molecule has 0 aliphatic rings. The van der Waals surface area contributed by atoms with Crippen molar-refractivity contribution in [2.45, 2.75) is 27.3 Å². The summed E-state index contributed by atoms with van der Waals surface area (Å²) >= 11 is 0. The number of hydrogen-bond acceptors (Lipinski definition) is 4. The molecule has 0 bridgehead atoms. The van der Waals surface area contributed by atoms with Crippen molar-refractivity contribution in [3.63, 3.8) is 0 Å². The van der Waals surface area contributed by atoms with Gasteiger partial charge in [-0.05, 0) is 36.8 Å². The Morgan fingerprint density at radius 3 is 2.37 bits per heavy atom. The van der Waals surface area contributed by atoms with Gasteiger partial charge in [0.05, 0.1) is 0 Å². The zero-order valence-corrected chi connectivity index (χ0v) is 15.7. The molecule has 0 fully saturated rings. The number of carbonyl (C=O) groups excluding carboxylic acids is 3. The molecule has 0 unspecified atom stereocenters. The van der Waals surface area contributed by atoms with Crippen LogP contribution in [0.5, 0.6) is 5.75 Å². The maximum atomic E-state index is 11.9. The van der Waals surface area contributed by atoms with Crippen LogP contribution in [0.2, 0.25) is 0 Å². The third-order valence-corrected chi connectivity index (χ3v) is 3.85. The van der Waals surface area contributed by atoms with Gasteiger partial charge in [-0.15, -0.1) is 0 Å². The molecule has 2 N–H and O–H groups in total. The zero-order chi connectivity index (χ0) is 19.8. The predicted octanol–water partition coefficient (Wildman–Crippen LogP) is 3.18.